The van der Waals surface area contributed by atoms with Crippen LogP contribution in [0.25, 0.3) is 0 Å². The SMILES string of the molecule is CN=C(NCCCC(C)(C)C)NC1CCOc2ccccc21.I. The highest BCUT2D eigenvalue weighted by Gasteiger charge is 2.21. The fourth-order valence-electron chi connectivity index (χ4n) is 2.68. The lowest BCUT2D eigenvalue weighted by molar-refractivity contribution is 0.261. The van der Waals surface area contributed by atoms with Gasteiger partial charge in [0, 0.05) is 25.6 Å². The molecule has 1 aliphatic rings. The minimum Gasteiger partial charge on any atom is -0.493 e. The molecule has 130 valence electrons. The summed E-state index contributed by atoms with van der Waals surface area (Å²) in [6.07, 6.45) is 3.31. The summed E-state index contributed by atoms with van der Waals surface area (Å²) in [6, 6.07) is 8.49. The van der Waals surface area contributed by atoms with Crippen molar-refractivity contribution >= 4 is 29.9 Å². The second-order valence-electron chi connectivity index (χ2n) is 7.04. The van der Waals surface area contributed by atoms with Crippen molar-refractivity contribution in [2.45, 2.75) is 46.1 Å². The van der Waals surface area contributed by atoms with E-state index in [4.69, 9.17) is 4.74 Å². The Kier molecular flexibility index (Phi) is 8.16. The van der Waals surface area contributed by atoms with Gasteiger partial charge in [0.15, 0.2) is 5.96 Å². The van der Waals surface area contributed by atoms with Gasteiger partial charge in [-0.3, -0.25) is 4.99 Å². The zero-order chi connectivity index (χ0) is 16.0. The van der Waals surface area contributed by atoms with E-state index in [0.29, 0.717) is 5.41 Å². The van der Waals surface area contributed by atoms with Crippen molar-refractivity contribution in [1.82, 2.24) is 10.6 Å². The molecule has 0 bridgehead atoms. The largest absolute Gasteiger partial charge is 0.493 e. The Bertz CT molecular complexity index is 511. The number of hydrogen-bond acceptors (Lipinski definition) is 2. The fraction of sp³-hybridized carbons (Fsp3) is 0.611. The van der Waals surface area contributed by atoms with E-state index in [1.165, 1.54) is 12.0 Å². The Morgan fingerprint density at radius 1 is 1.30 bits per heavy atom. The Labute approximate surface area is 157 Å². The van der Waals surface area contributed by atoms with Gasteiger partial charge in [-0.05, 0) is 24.3 Å². The molecule has 1 aliphatic heterocycles. The molecule has 0 amide bonds. The molecule has 1 aromatic rings. The van der Waals surface area contributed by atoms with Crippen molar-refractivity contribution in [3.63, 3.8) is 0 Å². The van der Waals surface area contributed by atoms with Gasteiger partial charge in [0.1, 0.15) is 5.75 Å². The monoisotopic (exact) mass is 431 g/mol. The van der Waals surface area contributed by atoms with Crippen LogP contribution in [0.5, 0.6) is 5.75 Å². The summed E-state index contributed by atoms with van der Waals surface area (Å²) in [6.45, 7) is 8.52. The third-order valence-electron chi connectivity index (χ3n) is 3.89. The number of nitrogens with one attached hydrogen (secondary N) is 2. The molecule has 0 spiro atoms. The first-order valence-electron chi connectivity index (χ1n) is 8.18. The van der Waals surface area contributed by atoms with Crippen LogP contribution >= 0.6 is 24.0 Å². The first-order chi connectivity index (χ1) is 10.5. The maximum absolute atomic E-state index is 5.70. The van der Waals surface area contributed by atoms with Crippen molar-refractivity contribution in [3.8, 4) is 5.75 Å². The minimum absolute atomic E-state index is 0. The molecular formula is C18H30IN3O. The van der Waals surface area contributed by atoms with E-state index < -0.39 is 0 Å². The maximum Gasteiger partial charge on any atom is 0.191 e. The van der Waals surface area contributed by atoms with Gasteiger partial charge in [-0.15, -0.1) is 24.0 Å². The first-order valence-corrected chi connectivity index (χ1v) is 8.18. The normalized spacial score (nSPS) is 17.6. The van der Waals surface area contributed by atoms with E-state index in [-0.39, 0.29) is 30.0 Å². The van der Waals surface area contributed by atoms with Gasteiger partial charge in [0.2, 0.25) is 0 Å². The summed E-state index contributed by atoms with van der Waals surface area (Å²) in [5, 5.41) is 6.94. The molecule has 0 aliphatic carbocycles. The third-order valence-corrected chi connectivity index (χ3v) is 3.89. The van der Waals surface area contributed by atoms with Crippen molar-refractivity contribution in [3.05, 3.63) is 29.8 Å². The molecular weight excluding hydrogens is 401 g/mol. The van der Waals surface area contributed by atoms with Gasteiger partial charge in [0.25, 0.3) is 0 Å². The number of halogens is 1. The second-order valence-corrected chi connectivity index (χ2v) is 7.04. The number of fused-ring (bicyclic) bond motifs is 1. The van der Waals surface area contributed by atoms with Crippen LogP contribution in [0.2, 0.25) is 0 Å². The summed E-state index contributed by atoms with van der Waals surface area (Å²) in [5.41, 5.74) is 1.60. The van der Waals surface area contributed by atoms with Crippen molar-refractivity contribution in [1.29, 1.82) is 0 Å². The Morgan fingerprint density at radius 3 is 2.74 bits per heavy atom. The van der Waals surface area contributed by atoms with Gasteiger partial charge >= 0.3 is 0 Å². The molecule has 4 nitrogen and oxygen atoms in total. The van der Waals surface area contributed by atoms with Crippen molar-refractivity contribution in [2.24, 2.45) is 10.4 Å². The molecule has 23 heavy (non-hydrogen) atoms. The summed E-state index contributed by atoms with van der Waals surface area (Å²) in [7, 11) is 1.82. The van der Waals surface area contributed by atoms with E-state index >= 15 is 0 Å². The molecule has 0 aromatic heterocycles. The van der Waals surface area contributed by atoms with Crippen LogP contribution in [0.1, 0.15) is 51.6 Å². The fourth-order valence-corrected chi connectivity index (χ4v) is 2.68. The highest BCUT2D eigenvalue weighted by atomic mass is 127. The molecule has 5 heteroatoms. The molecule has 1 aromatic carbocycles. The van der Waals surface area contributed by atoms with Crippen LogP contribution in [0.15, 0.2) is 29.3 Å². The smallest absolute Gasteiger partial charge is 0.191 e. The molecule has 2 rings (SSSR count). The van der Waals surface area contributed by atoms with Crippen molar-refractivity contribution < 1.29 is 4.74 Å². The lowest BCUT2D eigenvalue weighted by atomic mass is 9.91. The number of benzene rings is 1. The minimum atomic E-state index is 0. The molecule has 0 saturated heterocycles. The number of aliphatic imine (C=N–C) groups is 1. The molecule has 2 N–H and O–H groups in total. The topological polar surface area (TPSA) is 45.7 Å². The maximum atomic E-state index is 5.70. The van der Waals surface area contributed by atoms with Gasteiger partial charge in [-0.25, -0.2) is 0 Å². The number of para-hydroxylation sites is 1. The van der Waals surface area contributed by atoms with Crippen molar-refractivity contribution in [2.75, 3.05) is 20.2 Å². The molecule has 1 heterocycles. The zero-order valence-electron chi connectivity index (χ0n) is 14.7. The van der Waals surface area contributed by atoms with E-state index in [2.05, 4.69) is 48.5 Å². The highest BCUT2D eigenvalue weighted by Crippen LogP contribution is 2.31. The molecule has 1 atom stereocenters. The number of guanidine groups is 1. The Morgan fingerprint density at radius 2 is 2.04 bits per heavy atom. The van der Waals surface area contributed by atoms with Crippen LogP contribution in [0.4, 0.5) is 0 Å². The molecule has 0 saturated carbocycles. The number of ether oxygens (including phenoxy) is 1. The van der Waals surface area contributed by atoms with E-state index in [1.807, 2.05) is 19.2 Å². The standard InChI is InChI=1S/C18H29N3O.HI/c1-18(2,3)11-7-12-20-17(19-4)21-15-10-13-22-16-9-6-5-8-14(15)16;/h5-6,8-9,15H,7,10-13H2,1-4H3,(H2,19,20,21);1H. The van der Waals surface area contributed by atoms with Crippen LogP contribution in [0, 0.1) is 5.41 Å². The predicted molar refractivity (Wildman–Crippen MR) is 108 cm³/mol. The molecule has 0 fully saturated rings. The number of nitrogens with zero attached hydrogens (tertiary/aromatic N) is 1. The number of hydrogen-bond donors (Lipinski definition) is 2. The summed E-state index contributed by atoms with van der Waals surface area (Å²) >= 11 is 0. The van der Waals surface area contributed by atoms with Gasteiger partial charge in [-0.2, -0.15) is 0 Å². The lowest BCUT2D eigenvalue weighted by Gasteiger charge is -2.28. The van der Waals surface area contributed by atoms with Gasteiger partial charge in [0.05, 0.1) is 12.6 Å². The third kappa shape index (κ3) is 6.57. The second kappa shape index (κ2) is 9.35. The number of rotatable bonds is 4. The lowest BCUT2D eigenvalue weighted by Crippen LogP contribution is -2.41. The van der Waals surface area contributed by atoms with Crippen LogP contribution in [0.3, 0.4) is 0 Å². The quantitative estimate of drug-likeness (QED) is 0.326. The first kappa shape index (κ1) is 20.1. The predicted octanol–water partition coefficient (Wildman–Crippen LogP) is 4.12. The average molecular weight is 431 g/mol. The average Bonchev–Trinajstić information content (AvgIpc) is 2.49. The summed E-state index contributed by atoms with van der Waals surface area (Å²) in [5.74, 6) is 1.85. The van der Waals surface area contributed by atoms with Crippen LogP contribution in [-0.4, -0.2) is 26.2 Å². The van der Waals surface area contributed by atoms with Gasteiger partial charge in [-0.1, -0.05) is 39.0 Å². The van der Waals surface area contributed by atoms with E-state index in [9.17, 15) is 0 Å². The molecule has 1 unspecified atom stereocenters. The highest BCUT2D eigenvalue weighted by molar-refractivity contribution is 14.0. The van der Waals surface area contributed by atoms with E-state index in [0.717, 1.165) is 37.7 Å². The van der Waals surface area contributed by atoms with Crippen LogP contribution in [-0.2, 0) is 0 Å². The summed E-state index contributed by atoms with van der Waals surface area (Å²) in [4.78, 5) is 4.34. The van der Waals surface area contributed by atoms with E-state index in [1.54, 1.807) is 0 Å². The van der Waals surface area contributed by atoms with Crippen LogP contribution < -0.4 is 15.4 Å². The zero-order valence-corrected chi connectivity index (χ0v) is 17.0. The Hall–Kier alpha value is -0.980. The Balaban J connectivity index is 0.00000264. The molecule has 0 radical (unpaired) electrons. The van der Waals surface area contributed by atoms with Gasteiger partial charge < -0.3 is 15.4 Å². The summed E-state index contributed by atoms with van der Waals surface area (Å²) < 4.78 is 5.70.